The molecule has 2 aliphatic rings. The SMILES string of the molecule is O=C(O)C1C(=CCN(Cc2ccccc2)Cc2ccccc2)CN2C(=O)CC12. The number of carboxylic acids is 1. The molecule has 0 aliphatic carbocycles. The van der Waals surface area contributed by atoms with Crippen molar-refractivity contribution in [2.75, 3.05) is 13.1 Å². The lowest BCUT2D eigenvalue weighted by Gasteiger charge is -2.35. The Morgan fingerprint density at radius 3 is 2.11 bits per heavy atom. The van der Waals surface area contributed by atoms with Crippen LogP contribution >= 0.6 is 0 Å². The van der Waals surface area contributed by atoms with E-state index in [0.29, 0.717) is 19.5 Å². The number of aliphatic carboxylic acids is 1. The summed E-state index contributed by atoms with van der Waals surface area (Å²) in [6.45, 7) is 2.66. The van der Waals surface area contributed by atoms with Crippen molar-refractivity contribution in [2.24, 2.45) is 5.92 Å². The van der Waals surface area contributed by atoms with Gasteiger partial charge in [-0.3, -0.25) is 14.5 Å². The fourth-order valence-electron chi connectivity index (χ4n) is 4.15. The van der Waals surface area contributed by atoms with Crippen molar-refractivity contribution in [1.82, 2.24) is 9.80 Å². The van der Waals surface area contributed by atoms with Crippen molar-refractivity contribution in [3.63, 3.8) is 0 Å². The molecule has 2 atom stereocenters. The fraction of sp³-hybridized carbons (Fsp3) is 0.304. The fourth-order valence-corrected chi connectivity index (χ4v) is 4.15. The molecule has 1 amide bonds. The maximum atomic E-state index is 11.7. The first-order chi connectivity index (χ1) is 13.6. The molecule has 2 saturated heterocycles. The zero-order valence-electron chi connectivity index (χ0n) is 15.7. The standard InChI is InChI=1S/C23H24N2O3/c26-21-13-20-22(23(27)28)19(16-25(20)21)11-12-24(14-17-7-3-1-4-8-17)15-18-9-5-2-6-10-18/h1-11,20,22H,12-16H2,(H,27,28). The average molecular weight is 376 g/mol. The molecule has 0 radical (unpaired) electrons. The summed E-state index contributed by atoms with van der Waals surface area (Å²) in [6, 6.07) is 20.4. The van der Waals surface area contributed by atoms with E-state index in [4.69, 9.17) is 0 Å². The number of hydrogen-bond donors (Lipinski definition) is 1. The third-order valence-corrected chi connectivity index (χ3v) is 5.62. The van der Waals surface area contributed by atoms with Gasteiger partial charge in [-0.15, -0.1) is 0 Å². The van der Waals surface area contributed by atoms with Gasteiger partial charge in [0.25, 0.3) is 0 Å². The highest BCUT2D eigenvalue weighted by molar-refractivity contribution is 5.89. The Kier molecular flexibility index (Phi) is 5.26. The van der Waals surface area contributed by atoms with Gasteiger partial charge in [0, 0.05) is 32.6 Å². The first-order valence-electron chi connectivity index (χ1n) is 9.63. The number of β-lactam (4-membered cyclic amide) rings is 1. The third-order valence-electron chi connectivity index (χ3n) is 5.62. The molecule has 2 aliphatic heterocycles. The highest BCUT2D eigenvalue weighted by Crippen LogP contribution is 2.38. The van der Waals surface area contributed by atoms with Crippen LogP contribution in [0.25, 0.3) is 0 Å². The lowest BCUT2D eigenvalue weighted by Crippen LogP contribution is -2.51. The summed E-state index contributed by atoms with van der Waals surface area (Å²) in [6.07, 6.45) is 2.38. The number of carbonyl (C=O) groups is 2. The van der Waals surface area contributed by atoms with Gasteiger partial charge in [-0.2, -0.15) is 0 Å². The van der Waals surface area contributed by atoms with E-state index in [1.54, 1.807) is 4.90 Å². The Bertz CT molecular complexity index is 838. The zero-order chi connectivity index (χ0) is 19.5. The molecule has 4 rings (SSSR count). The number of rotatable bonds is 7. The summed E-state index contributed by atoms with van der Waals surface area (Å²) in [5.41, 5.74) is 3.29. The van der Waals surface area contributed by atoms with Crippen molar-refractivity contribution in [3.05, 3.63) is 83.4 Å². The molecule has 0 saturated carbocycles. The number of hydrogen-bond acceptors (Lipinski definition) is 3. The maximum absolute atomic E-state index is 11.7. The summed E-state index contributed by atoms with van der Waals surface area (Å²) < 4.78 is 0. The summed E-state index contributed by atoms with van der Waals surface area (Å²) in [7, 11) is 0. The summed E-state index contributed by atoms with van der Waals surface area (Å²) in [4.78, 5) is 27.5. The van der Waals surface area contributed by atoms with E-state index < -0.39 is 11.9 Å². The monoisotopic (exact) mass is 376 g/mol. The topological polar surface area (TPSA) is 60.9 Å². The molecule has 0 bridgehead atoms. The minimum absolute atomic E-state index is 0.0603. The second-order valence-corrected chi connectivity index (χ2v) is 7.53. The van der Waals surface area contributed by atoms with E-state index in [2.05, 4.69) is 29.2 Å². The molecule has 2 heterocycles. The molecular formula is C23H24N2O3. The van der Waals surface area contributed by atoms with E-state index in [1.165, 1.54) is 11.1 Å². The quantitative estimate of drug-likeness (QED) is 0.596. The molecular weight excluding hydrogens is 352 g/mol. The normalized spacial score (nSPS) is 22.4. The predicted molar refractivity (Wildman–Crippen MR) is 106 cm³/mol. The van der Waals surface area contributed by atoms with Crippen molar-refractivity contribution >= 4 is 11.9 Å². The lowest BCUT2D eigenvalue weighted by molar-refractivity contribution is -0.149. The van der Waals surface area contributed by atoms with Gasteiger partial charge in [0.2, 0.25) is 5.91 Å². The van der Waals surface area contributed by atoms with Crippen LogP contribution in [0, 0.1) is 5.92 Å². The van der Waals surface area contributed by atoms with Gasteiger partial charge in [0.15, 0.2) is 0 Å². The molecule has 2 fully saturated rings. The summed E-state index contributed by atoms with van der Waals surface area (Å²) >= 11 is 0. The van der Waals surface area contributed by atoms with Crippen LogP contribution in [0.2, 0.25) is 0 Å². The molecule has 2 unspecified atom stereocenters. The molecule has 5 heteroatoms. The molecule has 2 aromatic carbocycles. The van der Waals surface area contributed by atoms with Gasteiger partial charge in [-0.1, -0.05) is 66.7 Å². The molecule has 28 heavy (non-hydrogen) atoms. The van der Waals surface area contributed by atoms with Gasteiger partial charge >= 0.3 is 5.97 Å². The maximum Gasteiger partial charge on any atom is 0.312 e. The molecule has 0 spiro atoms. The van der Waals surface area contributed by atoms with Crippen LogP contribution in [0.5, 0.6) is 0 Å². The number of nitrogens with zero attached hydrogens (tertiary/aromatic N) is 2. The largest absolute Gasteiger partial charge is 0.481 e. The van der Waals surface area contributed by atoms with E-state index in [9.17, 15) is 14.7 Å². The van der Waals surface area contributed by atoms with E-state index in [0.717, 1.165) is 18.7 Å². The third kappa shape index (κ3) is 3.85. The van der Waals surface area contributed by atoms with Crippen LogP contribution in [0.4, 0.5) is 0 Å². The Hall–Kier alpha value is -2.92. The van der Waals surface area contributed by atoms with Crippen molar-refractivity contribution < 1.29 is 14.7 Å². The Morgan fingerprint density at radius 2 is 1.61 bits per heavy atom. The lowest BCUT2D eigenvalue weighted by atomic mass is 9.90. The number of amides is 1. The Labute approximate surface area is 164 Å². The first kappa shape index (κ1) is 18.4. The Balaban J connectivity index is 1.52. The van der Waals surface area contributed by atoms with Gasteiger partial charge in [0.05, 0.1) is 6.04 Å². The van der Waals surface area contributed by atoms with Crippen LogP contribution in [0.1, 0.15) is 17.5 Å². The average Bonchev–Trinajstić information content (AvgIpc) is 3.00. The zero-order valence-corrected chi connectivity index (χ0v) is 15.7. The smallest absolute Gasteiger partial charge is 0.312 e. The Morgan fingerprint density at radius 1 is 1.04 bits per heavy atom. The van der Waals surface area contributed by atoms with Crippen molar-refractivity contribution in [3.8, 4) is 0 Å². The minimum Gasteiger partial charge on any atom is -0.481 e. The first-order valence-corrected chi connectivity index (χ1v) is 9.63. The summed E-state index contributed by atoms with van der Waals surface area (Å²) in [5, 5.41) is 9.64. The van der Waals surface area contributed by atoms with Gasteiger partial charge < -0.3 is 10.0 Å². The second-order valence-electron chi connectivity index (χ2n) is 7.53. The molecule has 1 N–H and O–H groups in total. The number of fused-ring (bicyclic) bond motifs is 1. The summed E-state index contributed by atoms with van der Waals surface area (Å²) in [5.74, 6) is -1.33. The van der Waals surface area contributed by atoms with Crippen molar-refractivity contribution in [1.29, 1.82) is 0 Å². The number of benzene rings is 2. The number of carboxylic acid groups (broad SMARTS) is 1. The predicted octanol–water partition coefficient (Wildman–Crippen LogP) is 2.93. The van der Waals surface area contributed by atoms with Gasteiger partial charge in [-0.25, -0.2) is 0 Å². The van der Waals surface area contributed by atoms with Gasteiger partial charge in [-0.05, 0) is 16.7 Å². The van der Waals surface area contributed by atoms with Crippen molar-refractivity contribution in [2.45, 2.75) is 25.6 Å². The molecule has 0 aromatic heterocycles. The van der Waals surface area contributed by atoms with Crippen LogP contribution in [-0.4, -0.2) is 45.9 Å². The minimum atomic E-state index is -0.830. The molecule has 144 valence electrons. The van der Waals surface area contributed by atoms with E-state index in [-0.39, 0.29) is 11.9 Å². The van der Waals surface area contributed by atoms with E-state index >= 15 is 0 Å². The second kappa shape index (κ2) is 7.98. The van der Waals surface area contributed by atoms with Crippen LogP contribution in [-0.2, 0) is 22.7 Å². The highest BCUT2D eigenvalue weighted by Gasteiger charge is 2.51. The highest BCUT2D eigenvalue weighted by atomic mass is 16.4. The van der Waals surface area contributed by atoms with Crippen LogP contribution in [0.3, 0.4) is 0 Å². The number of carbonyl (C=O) groups excluding carboxylic acids is 1. The van der Waals surface area contributed by atoms with E-state index in [1.807, 2.05) is 42.5 Å². The van der Waals surface area contributed by atoms with Crippen LogP contribution in [0.15, 0.2) is 72.3 Å². The molecule has 5 nitrogen and oxygen atoms in total. The van der Waals surface area contributed by atoms with Gasteiger partial charge in [0.1, 0.15) is 5.92 Å². The van der Waals surface area contributed by atoms with Crippen LogP contribution < -0.4 is 0 Å². The molecule has 2 aromatic rings.